The van der Waals surface area contributed by atoms with Crippen LogP contribution in [0, 0.1) is 5.41 Å². The van der Waals surface area contributed by atoms with E-state index in [0.29, 0.717) is 67.6 Å². The average Bonchev–Trinajstić information content (AvgIpc) is 3.54. The summed E-state index contributed by atoms with van der Waals surface area (Å²) in [6, 6.07) is 21.2. The topological polar surface area (TPSA) is 123 Å². The third-order valence-electron chi connectivity index (χ3n) is 8.68. The Morgan fingerprint density at radius 3 is 2.46 bits per heavy atom. The maximum Gasteiger partial charge on any atom is 0.310 e. The van der Waals surface area contributed by atoms with Crippen LogP contribution < -0.4 is 15.0 Å². The van der Waals surface area contributed by atoms with E-state index < -0.39 is 22.2 Å². The standard InChI is InChI=1S/C39H46N4O6S/c1-5-20-49-34-13-8-28(9-14-34)29-10-17-36-31(22-29)23-30(7-6-18-42(36)26-39(2,3)38(45)46)37(44)41-32-11-15-35(16-12-32)50(47)25-33-24-40-27-43(33)19-21-48-4/h8-17,22-24,27H,5-7,18-21,25-26H2,1-4H3,(H,41,44)(H,45,46). The molecule has 4 aromatic rings. The van der Waals surface area contributed by atoms with Crippen LogP contribution in [0.25, 0.3) is 17.2 Å². The summed E-state index contributed by atoms with van der Waals surface area (Å²) in [5.74, 6) is 0.0601. The van der Waals surface area contributed by atoms with Gasteiger partial charge < -0.3 is 29.4 Å². The molecule has 50 heavy (non-hydrogen) atoms. The number of carbonyl (C=O) groups is 2. The molecule has 3 aromatic carbocycles. The number of amides is 1. The quantitative estimate of drug-likeness (QED) is 0.136. The molecule has 1 atom stereocenters. The number of anilines is 2. The van der Waals surface area contributed by atoms with Gasteiger partial charge in [0.15, 0.2) is 0 Å². The van der Waals surface area contributed by atoms with E-state index in [-0.39, 0.29) is 5.91 Å². The minimum atomic E-state index is -1.29. The molecule has 1 unspecified atom stereocenters. The van der Waals surface area contributed by atoms with Gasteiger partial charge in [-0.15, -0.1) is 0 Å². The number of hydrogen-bond acceptors (Lipinski definition) is 7. The number of ether oxygens (including phenoxy) is 2. The molecule has 2 N–H and O–H groups in total. The van der Waals surface area contributed by atoms with E-state index in [0.717, 1.165) is 40.2 Å². The van der Waals surface area contributed by atoms with Crippen molar-refractivity contribution in [3.05, 3.63) is 96.1 Å². The average molecular weight is 699 g/mol. The largest absolute Gasteiger partial charge is 0.494 e. The van der Waals surface area contributed by atoms with Gasteiger partial charge in [0.25, 0.3) is 5.91 Å². The van der Waals surface area contributed by atoms with E-state index in [1.54, 1.807) is 57.7 Å². The summed E-state index contributed by atoms with van der Waals surface area (Å²) in [6.07, 6.45) is 7.47. The van der Waals surface area contributed by atoms with E-state index in [4.69, 9.17) is 9.47 Å². The predicted octanol–water partition coefficient (Wildman–Crippen LogP) is 7.03. The number of rotatable bonds is 15. The van der Waals surface area contributed by atoms with Crippen molar-refractivity contribution in [2.45, 2.75) is 57.2 Å². The summed E-state index contributed by atoms with van der Waals surface area (Å²) in [6.45, 7) is 8.30. The first-order chi connectivity index (χ1) is 24.1. The van der Waals surface area contributed by atoms with Crippen LogP contribution in [0.4, 0.5) is 11.4 Å². The van der Waals surface area contributed by atoms with E-state index in [2.05, 4.69) is 28.2 Å². The summed E-state index contributed by atoms with van der Waals surface area (Å²) in [5.41, 5.74) is 4.84. The summed E-state index contributed by atoms with van der Waals surface area (Å²) in [7, 11) is 0.349. The lowest BCUT2D eigenvalue weighted by Gasteiger charge is -2.34. The zero-order chi connectivity index (χ0) is 35.7. The van der Waals surface area contributed by atoms with Crippen molar-refractivity contribution in [2.24, 2.45) is 5.41 Å². The SMILES string of the molecule is CCCOc1ccc(-c2ccc3c(c2)C=C(C(=O)Nc2ccc(S(=O)Cc4cncn4CCOC)cc2)CCCN3CC(C)(C)C(=O)O)cc1. The Labute approximate surface area is 296 Å². The molecule has 0 saturated heterocycles. The molecule has 1 aromatic heterocycles. The smallest absolute Gasteiger partial charge is 0.310 e. The molecule has 0 saturated carbocycles. The number of methoxy groups -OCH3 is 1. The normalized spacial score (nSPS) is 13.8. The Morgan fingerprint density at radius 2 is 1.76 bits per heavy atom. The van der Waals surface area contributed by atoms with Gasteiger partial charge in [0.05, 0.1) is 47.2 Å². The monoisotopic (exact) mass is 698 g/mol. The second-order valence-corrected chi connectivity index (χ2v) is 14.5. The Bertz CT molecular complexity index is 1830. The van der Waals surface area contributed by atoms with Gasteiger partial charge in [-0.3, -0.25) is 13.8 Å². The lowest BCUT2D eigenvalue weighted by Crippen LogP contribution is -2.40. The Kier molecular flexibility index (Phi) is 12.3. The molecular weight excluding hydrogens is 653 g/mol. The van der Waals surface area contributed by atoms with Gasteiger partial charge in [-0.2, -0.15) is 0 Å². The van der Waals surface area contributed by atoms with Crippen LogP contribution in [0.5, 0.6) is 5.75 Å². The highest BCUT2D eigenvalue weighted by Gasteiger charge is 2.31. The van der Waals surface area contributed by atoms with Crippen LogP contribution in [0.15, 0.2) is 89.7 Å². The first-order valence-electron chi connectivity index (χ1n) is 16.9. The number of hydrogen-bond donors (Lipinski definition) is 2. The molecule has 0 bridgehead atoms. The number of carboxylic acids is 1. The minimum absolute atomic E-state index is 0.214. The number of aliphatic carboxylic acids is 1. The highest BCUT2D eigenvalue weighted by molar-refractivity contribution is 7.84. The van der Waals surface area contributed by atoms with E-state index in [1.807, 2.05) is 47.0 Å². The second kappa shape index (κ2) is 16.8. The zero-order valence-corrected chi connectivity index (χ0v) is 30.0. The highest BCUT2D eigenvalue weighted by Crippen LogP contribution is 2.34. The maximum atomic E-state index is 13.7. The molecule has 1 aliphatic rings. The van der Waals surface area contributed by atoms with Crippen LogP contribution in [-0.2, 0) is 37.4 Å². The molecular formula is C39H46N4O6S. The molecule has 0 spiro atoms. The number of carbonyl (C=O) groups excluding carboxylic acids is 1. The third kappa shape index (κ3) is 9.28. The van der Waals surface area contributed by atoms with Gasteiger partial charge in [0.2, 0.25) is 0 Å². The summed E-state index contributed by atoms with van der Waals surface area (Å²) >= 11 is 0. The van der Waals surface area contributed by atoms with Crippen molar-refractivity contribution in [3.63, 3.8) is 0 Å². The Morgan fingerprint density at radius 1 is 1.02 bits per heavy atom. The van der Waals surface area contributed by atoms with Crippen LogP contribution in [0.3, 0.4) is 0 Å². The van der Waals surface area contributed by atoms with E-state index in [1.165, 1.54) is 0 Å². The van der Waals surface area contributed by atoms with Gasteiger partial charge in [0, 0.05) is 54.8 Å². The molecule has 264 valence electrons. The molecule has 5 rings (SSSR count). The lowest BCUT2D eigenvalue weighted by molar-refractivity contribution is -0.146. The third-order valence-corrected chi connectivity index (χ3v) is 10.0. The summed E-state index contributed by atoms with van der Waals surface area (Å²) < 4.78 is 26.0. The van der Waals surface area contributed by atoms with Crippen molar-refractivity contribution < 1.29 is 28.4 Å². The number of nitrogens with one attached hydrogen (secondary N) is 1. The number of fused-ring (bicyclic) bond motifs is 1. The predicted molar refractivity (Wildman–Crippen MR) is 198 cm³/mol. The van der Waals surface area contributed by atoms with Gasteiger partial charge in [0.1, 0.15) is 5.75 Å². The van der Waals surface area contributed by atoms with Gasteiger partial charge in [-0.1, -0.05) is 25.1 Å². The summed E-state index contributed by atoms with van der Waals surface area (Å²) in [4.78, 5) is 32.7. The molecule has 0 aliphatic carbocycles. The fourth-order valence-corrected chi connectivity index (χ4v) is 6.92. The van der Waals surface area contributed by atoms with Crippen molar-refractivity contribution in [1.82, 2.24) is 9.55 Å². The van der Waals surface area contributed by atoms with Gasteiger partial charge in [-0.25, -0.2) is 4.98 Å². The Hall–Kier alpha value is -4.74. The molecule has 1 amide bonds. The second-order valence-electron chi connectivity index (χ2n) is 13.1. The number of aromatic nitrogens is 2. The van der Waals surface area contributed by atoms with Crippen molar-refractivity contribution in [3.8, 4) is 16.9 Å². The van der Waals surface area contributed by atoms with Gasteiger partial charge in [-0.05, 0) is 104 Å². The molecule has 1 aliphatic heterocycles. The molecule has 10 nitrogen and oxygen atoms in total. The van der Waals surface area contributed by atoms with Gasteiger partial charge >= 0.3 is 5.97 Å². The van der Waals surface area contributed by atoms with Crippen molar-refractivity contribution >= 4 is 40.1 Å². The molecule has 0 fully saturated rings. The lowest BCUT2D eigenvalue weighted by atomic mass is 9.91. The van der Waals surface area contributed by atoms with Crippen LogP contribution in [0.2, 0.25) is 0 Å². The number of benzene rings is 3. The van der Waals surface area contributed by atoms with Crippen LogP contribution in [-0.4, -0.2) is 64.2 Å². The first-order valence-corrected chi connectivity index (χ1v) is 18.2. The molecule has 2 heterocycles. The first kappa shape index (κ1) is 36.5. The number of carboxylic acid groups (broad SMARTS) is 1. The maximum absolute atomic E-state index is 13.7. The van der Waals surface area contributed by atoms with Crippen LogP contribution >= 0.6 is 0 Å². The van der Waals surface area contributed by atoms with E-state index >= 15 is 0 Å². The molecule has 0 radical (unpaired) electrons. The van der Waals surface area contributed by atoms with Crippen molar-refractivity contribution in [2.75, 3.05) is 43.6 Å². The zero-order valence-electron chi connectivity index (χ0n) is 29.2. The van der Waals surface area contributed by atoms with Crippen LogP contribution in [0.1, 0.15) is 51.3 Å². The number of nitrogens with zero attached hydrogens (tertiary/aromatic N) is 3. The summed E-state index contributed by atoms with van der Waals surface area (Å²) in [5, 5.41) is 12.9. The molecule has 11 heteroatoms. The minimum Gasteiger partial charge on any atom is -0.494 e. The fraction of sp³-hybridized carbons (Fsp3) is 0.359. The van der Waals surface area contributed by atoms with E-state index in [9.17, 15) is 18.9 Å². The number of imidazole rings is 1. The fourth-order valence-electron chi connectivity index (χ4n) is 5.81. The highest BCUT2D eigenvalue weighted by atomic mass is 32.2. The Balaban J connectivity index is 1.37. The van der Waals surface area contributed by atoms with Crippen molar-refractivity contribution in [1.29, 1.82) is 0 Å².